The number of benzene rings is 2. The highest BCUT2D eigenvalue weighted by Crippen LogP contribution is 2.25. The summed E-state index contributed by atoms with van der Waals surface area (Å²) in [7, 11) is 1.52. The van der Waals surface area contributed by atoms with Crippen molar-refractivity contribution < 1.29 is 23.8 Å². The number of ketones is 1. The average Bonchev–Trinajstić information content (AvgIpc) is 3.00. The van der Waals surface area contributed by atoms with Gasteiger partial charge in [-0.25, -0.2) is 4.79 Å². The Bertz CT molecular complexity index is 944. The molecule has 0 spiro atoms. The molecule has 0 aliphatic rings. The summed E-state index contributed by atoms with van der Waals surface area (Å²) in [5.41, 5.74) is 2.16. The molecule has 1 N–H and O–H groups in total. The van der Waals surface area contributed by atoms with Crippen molar-refractivity contribution in [1.29, 1.82) is 0 Å². The number of carbonyl (C=O) groups is 2. The van der Waals surface area contributed by atoms with E-state index >= 15 is 0 Å². The Hall–Kier alpha value is -3.28. The smallest absolute Gasteiger partial charge is 0.344 e. The van der Waals surface area contributed by atoms with Crippen molar-refractivity contribution in [2.45, 2.75) is 6.92 Å². The Labute approximate surface area is 150 Å². The van der Waals surface area contributed by atoms with Gasteiger partial charge in [0.25, 0.3) is 0 Å². The summed E-state index contributed by atoms with van der Waals surface area (Å²) < 4.78 is 15.6. The van der Waals surface area contributed by atoms with Crippen LogP contribution in [-0.2, 0) is 9.53 Å². The molecule has 134 valence electrons. The molecule has 0 radical (unpaired) electrons. The van der Waals surface area contributed by atoms with Crippen LogP contribution in [0.2, 0.25) is 0 Å². The SMILES string of the molecule is COc1ccccc1OCC(=O)OCC(=O)c1c(C)[nH]c2ccccc12. The van der Waals surface area contributed by atoms with Crippen molar-refractivity contribution >= 4 is 22.7 Å². The highest BCUT2D eigenvalue weighted by Gasteiger charge is 2.18. The maximum Gasteiger partial charge on any atom is 0.344 e. The Kier molecular flexibility index (Phi) is 5.22. The van der Waals surface area contributed by atoms with Crippen LogP contribution >= 0.6 is 0 Å². The summed E-state index contributed by atoms with van der Waals surface area (Å²) >= 11 is 0. The van der Waals surface area contributed by atoms with Gasteiger partial charge < -0.3 is 19.2 Å². The third-order valence-corrected chi connectivity index (χ3v) is 3.95. The third kappa shape index (κ3) is 3.69. The number of Topliss-reactive ketones (excluding diaryl/α,β-unsaturated/α-hetero) is 1. The van der Waals surface area contributed by atoms with Gasteiger partial charge in [0.15, 0.2) is 24.7 Å². The van der Waals surface area contributed by atoms with Crippen molar-refractivity contribution in [1.82, 2.24) is 4.98 Å². The largest absolute Gasteiger partial charge is 0.493 e. The highest BCUT2D eigenvalue weighted by molar-refractivity contribution is 6.10. The van der Waals surface area contributed by atoms with Gasteiger partial charge in [-0.3, -0.25) is 4.79 Å². The molecule has 0 saturated heterocycles. The lowest BCUT2D eigenvalue weighted by molar-refractivity contribution is -0.144. The van der Waals surface area contributed by atoms with Crippen LogP contribution in [0.25, 0.3) is 10.9 Å². The van der Waals surface area contributed by atoms with E-state index in [9.17, 15) is 9.59 Å². The first-order valence-electron chi connectivity index (χ1n) is 8.12. The standard InChI is InChI=1S/C20H19NO5/c1-13-20(14-7-3-4-8-15(14)21-13)16(22)11-26-19(23)12-25-18-10-6-5-9-17(18)24-2/h3-10,21H,11-12H2,1-2H3. The van der Waals surface area contributed by atoms with Gasteiger partial charge in [0, 0.05) is 22.2 Å². The van der Waals surface area contributed by atoms with Crippen LogP contribution in [0, 0.1) is 6.92 Å². The van der Waals surface area contributed by atoms with Crippen molar-refractivity contribution in [3.63, 3.8) is 0 Å². The summed E-state index contributed by atoms with van der Waals surface area (Å²) in [6.45, 7) is 1.18. The van der Waals surface area contributed by atoms with Crippen molar-refractivity contribution in [3.05, 3.63) is 59.8 Å². The van der Waals surface area contributed by atoms with E-state index in [0.717, 1.165) is 16.6 Å². The van der Waals surface area contributed by atoms with E-state index in [1.165, 1.54) is 7.11 Å². The van der Waals surface area contributed by atoms with Gasteiger partial charge in [-0.05, 0) is 25.1 Å². The zero-order chi connectivity index (χ0) is 18.5. The lowest BCUT2D eigenvalue weighted by atomic mass is 10.1. The molecule has 1 heterocycles. The predicted molar refractivity (Wildman–Crippen MR) is 96.8 cm³/mol. The number of aromatic nitrogens is 1. The van der Waals surface area contributed by atoms with Crippen LogP contribution in [0.4, 0.5) is 0 Å². The molecule has 2 aromatic carbocycles. The molecule has 6 nitrogen and oxygen atoms in total. The number of hydrogen-bond acceptors (Lipinski definition) is 5. The molecule has 26 heavy (non-hydrogen) atoms. The first-order valence-corrected chi connectivity index (χ1v) is 8.12. The first kappa shape index (κ1) is 17.5. The molecule has 0 amide bonds. The normalized spacial score (nSPS) is 10.5. The topological polar surface area (TPSA) is 77.6 Å². The monoisotopic (exact) mass is 353 g/mol. The number of carbonyl (C=O) groups excluding carboxylic acids is 2. The van der Waals surface area contributed by atoms with Crippen LogP contribution < -0.4 is 9.47 Å². The number of H-pyrrole nitrogens is 1. The van der Waals surface area contributed by atoms with Gasteiger partial charge in [-0.15, -0.1) is 0 Å². The molecule has 3 rings (SSSR count). The molecule has 1 aromatic heterocycles. The summed E-state index contributed by atoms with van der Waals surface area (Å²) in [6, 6.07) is 14.5. The number of ether oxygens (including phenoxy) is 3. The number of aryl methyl sites for hydroxylation is 1. The van der Waals surface area contributed by atoms with Crippen LogP contribution in [0.3, 0.4) is 0 Å². The van der Waals surface area contributed by atoms with E-state index < -0.39 is 5.97 Å². The average molecular weight is 353 g/mol. The quantitative estimate of drug-likeness (QED) is 0.521. The number of hydrogen-bond donors (Lipinski definition) is 1. The maximum absolute atomic E-state index is 12.5. The minimum Gasteiger partial charge on any atom is -0.493 e. The van der Waals surface area contributed by atoms with Gasteiger partial charge in [0.1, 0.15) is 0 Å². The van der Waals surface area contributed by atoms with Gasteiger partial charge in [0.2, 0.25) is 5.78 Å². The van der Waals surface area contributed by atoms with Gasteiger partial charge in [-0.2, -0.15) is 0 Å². The van der Waals surface area contributed by atoms with Gasteiger partial charge in [0.05, 0.1) is 7.11 Å². The molecule has 0 aliphatic heterocycles. The number of nitrogens with one attached hydrogen (secondary N) is 1. The fourth-order valence-corrected chi connectivity index (χ4v) is 2.77. The minimum atomic E-state index is -0.623. The second-order valence-electron chi connectivity index (χ2n) is 5.69. The summed E-state index contributed by atoms with van der Waals surface area (Å²) in [5, 5.41) is 0.816. The van der Waals surface area contributed by atoms with E-state index in [-0.39, 0.29) is 19.0 Å². The second-order valence-corrected chi connectivity index (χ2v) is 5.69. The van der Waals surface area contributed by atoms with Crippen molar-refractivity contribution in [2.75, 3.05) is 20.3 Å². The van der Waals surface area contributed by atoms with E-state index in [1.807, 2.05) is 31.2 Å². The molecule has 0 fully saturated rings. The molecule has 0 bridgehead atoms. The van der Waals surface area contributed by atoms with E-state index in [0.29, 0.717) is 17.1 Å². The van der Waals surface area contributed by atoms with E-state index in [2.05, 4.69) is 4.98 Å². The lowest BCUT2D eigenvalue weighted by Gasteiger charge is -2.10. The van der Waals surface area contributed by atoms with Gasteiger partial charge in [-0.1, -0.05) is 30.3 Å². The fraction of sp³-hybridized carbons (Fsp3) is 0.200. The second kappa shape index (κ2) is 7.74. The minimum absolute atomic E-state index is 0.259. The summed E-state index contributed by atoms with van der Waals surface area (Å²) in [6.07, 6.45) is 0. The van der Waals surface area contributed by atoms with Crippen LogP contribution in [0.15, 0.2) is 48.5 Å². The zero-order valence-electron chi connectivity index (χ0n) is 14.6. The van der Waals surface area contributed by atoms with Crippen molar-refractivity contribution in [2.24, 2.45) is 0 Å². The number of fused-ring (bicyclic) bond motifs is 1. The lowest BCUT2D eigenvalue weighted by Crippen LogP contribution is -2.20. The summed E-state index contributed by atoms with van der Waals surface area (Å²) in [4.78, 5) is 27.5. The number of esters is 1. The maximum atomic E-state index is 12.5. The molecule has 6 heteroatoms. The van der Waals surface area contributed by atoms with E-state index in [4.69, 9.17) is 14.2 Å². The number of methoxy groups -OCH3 is 1. The molecule has 3 aromatic rings. The Morgan fingerprint density at radius 1 is 0.962 bits per heavy atom. The molecule has 0 saturated carbocycles. The van der Waals surface area contributed by atoms with Crippen LogP contribution in [0.5, 0.6) is 11.5 Å². The Balaban J connectivity index is 1.59. The fourth-order valence-electron chi connectivity index (χ4n) is 2.77. The first-order chi connectivity index (χ1) is 12.6. The van der Waals surface area contributed by atoms with Gasteiger partial charge >= 0.3 is 5.97 Å². The van der Waals surface area contributed by atoms with E-state index in [1.54, 1.807) is 24.3 Å². The summed E-state index contributed by atoms with van der Waals surface area (Å²) in [5.74, 6) is 0.0730. The van der Waals surface area contributed by atoms with Crippen LogP contribution in [-0.4, -0.2) is 37.1 Å². The number of rotatable bonds is 7. The Morgan fingerprint density at radius 3 is 2.42 bits per heavy atom. The Morgan fingerprint density at radius 2 is 1.65 bits per heavy atom. The molecular weight excluding hydrogens is 334 g/mol. The molecule has 0 atom stereocenters. The van der Waals surface area contributed by atoms with Crippen LogP contribution in [0.1, 0.15) is 16.1 Å². The molecule has 0 unspecified atom stereocenters. The zero-order valence-corrected chi connectivity index (χ0v) is 14.6. The number of para-hydroxylation sites is 3. The molecule has 0 aliphatic carbocycles. The van der Waals surface area contributed by atoms with Crippen molar-refractivity contribution in [3.8, 4) is 11.5 Å². The third-order valence-electron chi connectivity index (χ3n) is 3.95. The molecular formula is C20H19NO5. The highest BCUT2D eigenvalue weighted by atomic mass is 16.6. The number of aromatic amines is 1. The predicted octanol–water partition coefficient (Wildman–Crippen LogP) is 3.29.